The SMILES string of the molecule is C1=NC=C2/C=C\CCNCCCN(Cc3ccc(CN4CCCNCC/C=C\C5=CN=CC(CCNCCC4)C5)cc3)CCCNCCC1C2. The number of aliphatic imine (C=N–C) groups is 2. The number of nitrogens with zero attached hydrogens (tertiary/aromatic N) is 4. The van der Waals surface area contributed by atoms with Crippen molar-refractivity contribution in [2.24, 2.45) is 21.8 Å². The second kappa shape index (κ2) is 23.7. The molecule has 4 bridgehead atoms. The van der Waals surface area contributed by atoms with Crippen LogP contribution in [0.25, 0.3) is 0 Å². The summed E-state index contributed by atoms with van der Waals surface area (Å²) in [6.45, 7) is 15.1. The Balaban J connectivity index is 1.07. The Morgan fingerprint density at radius 3 is 1.34 bits per heavy atom. The molecule has 0 amide bonds. The minimum Gasteiger partial charge on any atom is -0.317 e. The average Bonchev–Trinajstić information content (AvgIpc) is 3.13. The molecule has 0 aromatic heterocycles. The van der Waals surface area contributed by atoms with E-state index >= 15 is 0 Å². The highest BCUT2D eigenvalue weighted by Gasteiger charge is 2.13. The largest absolute Gasteiger partial charge is 0.317 e. The zero-order valence-electron chi connectivity index (χ0n) is 30.8. The van der Waals surface area contributed by atoms with Gasteiger partial charge in [-0.2, -0.15) is 0 Å². The molecule has 4 heterocycles. The van der Waals surface area contributed by atoms with Crippen molar-refractivity contribution in [1.29, 1.82) is 0 Å². The first-order chi connectivity index (χ1) is 24.8. The summed E-state index contributed by atoms with van der Waals surface area (Å²) in [5.74, 6) is 1.10. The predicted octanol–water partition coefficient (Wildman–Crippen LogP) is 5.86. The molecule has 0 saturated carbocycles. The Morgan fingerprint density at radius 2 is 0.920 bits per heavy atom. The second-order valence-electron chi connectivity index (χ2n) is 14.7. The van der Waals surface area contributed by atoms with Crippen LogP contribution in [-0.2, 0) is 13.1 Å². The molecule has 4 aliphatic heterocycles. The van der Waals surface area contributed by atoms with Gasteiger partial charge in [0.2, 0.25) is 0 Å². The van der Waals surface area contributed by atoms with E-state index in [9.17, 15) is 0 Å². The third-order valence-corrected chi connectivity index (χ3v) is 10.2. The van der Waals surface area contributed by atoms with Crippen LogP contribution in [0.1, 0.15) is 75.3 Å². The minimum atomic E-state index is 0.551. The zero-order valence-corrected chi connectivity index (χ0v) is 30.8. The van der Waals surface area contributed by atoms with Crippen molar-refractivity contribution in [3.63, 3.8) is 0 Å². The van der Waals surface area contributed by atoms with Gasteiger partial charge in [0.15, 0.2) is 0 Å². The Hall–Kier alpha value is -2.72. The molecule has 0 aliphatic carbocycles. The normalized spacial score (nSPS) is 26.7. The topological polar surface area (TPSA) is 79.3 Å². The van der Waals surface area contributed by atoms with Crippen molar-refractivity contribution in [3.8, 4) is 0 Å². The molecule has 274 valence electrons. The van der Waals surface area contributed by atoms with Gasteiger partial charge in [0, 0.05) is 37.9 Å². The lowest BCUT2D eigenvalue weighted by molar-refractivity contribution is 0.254. The van der Waals surface area contributed by atoms with Crippen molar-refractivity contribution in [3.05, 3.63) is 83.2 Å². The van der Waals surface area contributed by atoms with Crippen LogP contribution in [0.2, 0.25) is 0 Å². The molecular weight excluding hydrogens is 617 g/mol. The quantitative estimate of drug-likeness (QED) is 0.319. The molecule has 2 unspecified atom stereocenters. The number of fused-ring (bicyclic) bond motifs is 4. The fraction of sp³-hybridized carbons (Fsp3) is 0.619. The van der Waals surface area contributed by atoms with Gasteiger partial charge < -0.3 is 21.3 Å². The van der Waals surface area contributed by atoms with Gasteiger partial charge in [-0.3, -0.25) is 19.8 Å². The smallest absolute Gasteiger partial charge is 0.0296 e. The van der Waals surface area contributed by atoms with E-state index in [2.05, 4.69) is 102 Å². The van der Waals surface area contributed by atoms with Gasteiger partial charge in [-0.25, -0.2) is 0 Å². The Kier molecular flexibility index (Phi) is 18.3. The van der Waals surface area contributed by atoms with Crippen LogP contribution >= 0.6 is 0 Å². The second-order valence-corrected chi connectivity index (χ2v) is 14.7. The van der Waals surface area contributed by atoms with Gasteiger partial charge in [-0.15, -0.1) is 0 Å². The maximum Gasteiger partial charge on any atom is 0.0296 e. The van der Waals surface area contributed by atoms with Crippen LogP contribution in [0.3, 0.4) is 0 Å². The van der Waals surface area contributed by atoms with Crippen molar-refractivity contribution < 1.29 is 0 Å². The number of benzene rings is 1. The first-order valence-electron chi connectivity index (χ1n) is 19.9. The lowest BCUT2D eigenvalue weighted by Crippen LogP contribution is -2.31. The molecule has 0 spiro atoms. The highest BCUT2D eigenvalue weighted by atomic mass is 15.1. The Morgan fingerprint density at radius 1 is 0.520 bits per heavy atom. The third kappa shape index (κ3) is 15.7. The number of hydrogen-bond donors (Lipinski definition) is 4. The highest BCUT2D eigenvalue weighted by molar-refractivity contribution is 5.64. The number of hydrogen-bond acceptors (Lipinski definition) is 8. The summed E-state index contributed by atoms with van der Waals surface area (Å²) < 4.78 is 0. The number of nitrogens with one attached hydrogen (secondary N) is 4. The lowest BCUT2D eigenvalue weighted by Gasteiger charge is -2.24. The van der Waals surface area contributed by atoms with Crippen molar-refractivity contribution in [2.45, 2.75) is 77.3 Å². The highest BCUT2D eigenvalue weighted by Crippen LogP contribution is 2.20. The van der Waals surface area contributed by atoms with Crippen molar-refractivity contribution >= 4 is 12.4 Å². The molecule has 8 nitrogen and oxygen atoms in total. The molecule has 50 heavy (non-hydrogen) atoms. The monoisotopic (exact) mass is 683 g/mol. The molecule has 0 radical (unpaired) electrons. The van der Waals surface area contributed by atoms with E-state index in [0.29, 0.717) is 11.8 Å². The van der Waals surface area contributed by atoms with Crippen molar-refractivity contribution in [1.82, 2.24) is 31.1 Å². The average molecular weight is 683 g/mol. The zero-order chi connectivity index (χ0) is 34.3. The number of allylic oxidation sites excluding steroid dienone is 4. The maximum atomic E-state index is 4.52. The van der Waals surface area contributed by atoms with Crippen LogP contribution in [0.15, 0.2) is 82.1 Å². The van der Waals surface area contributed by atoms with Gasteiger partial charge in [-0.1, -0.05) is 48.6 Å². The summed E-state index contributed by atoms with van der Waals surface area (Å²) >= 11 is 0. The fourth-order valence-electron chi connectivity index (χ4n) is 7.34. The first kappa shape index (κ1) is 38.5. The van der Waals surface area contributed by atoms with Crippen LogP contribution in [-0.4, -0.2) is 101 Å². The summed E-state index contributed by atoms with van der Waals surface area (Å²) in [6.07, 6.45) is 28.9. The number of rotatable bonds is 4. The summed E-state index contributed by atoms with van der Waals surface area (Å²) in [6, 6.07) is 9.52. The third-order valence-electron chi connectivity index (χ3n) is 10.2. The molecule has 4 aliphatic rings. The molecule has 0 fully saturated rings. The van der Waals surface area contributed by atoms with Crippen LogP contribution < -0.4 is 21.3 Å². The first-order valence-corrected chi connectivity index (χ1v) is 19.9. The van der Waals surface area contributed by atoms with Gasteiger partial charge in [-0.05, 0) is 177 Å². The van der Waals surface area contributed by atoms with Gasteiger partial charge >= 0.3 is 0 Å². The molecule has 2 atom stereocenters. The summed E-state index contributed by atoms with van der Waals surface area (Å²) in [4.78, 5) is 14.4. The molecule has 1 aromatic carbocycles. The molecule has 0 saturated heterocycles. The van der Waals surface area contributed by atoms with Crippen molar-refractivity contribution in [2.75, 3.05) is 78.5 Å². The fourth-order valence-corrected chi connectivity index (χ4v) is 7.34. The van der Waals surface area contributed by atoms with Gasteiger partial charge in [0.25, 0.3) is 0 Å². The summed E-state index contributed by atoms with van der Waals surface area (Å²) in [5.41, 5.74) is 5.58. The molecular formula is C42H66N8. The van der Waals surface area contributed by atoms with Gasteiger partial charge in [0.1, 0.15) is 0 Å². The summed E-state index contributed by atoms with van der Waals surface area (Å²) in [7, 11) is 0. The maximum absolute atomic E-state index is 4.52. The van der Waals surface area contributed by atoms with E-state index in [4.69, 9.17) is 0 Å². The Bertz CT molecular complexity index is 1170. The lowest BCUT2D eigenvalue weighted by atomic mass is 9.95. The van der Waals surface area contributed by atoms with E-state index in [1.165, 1.54) is 48.0 Å². The molecule has 4 N–H and O–H groups in total. The van der Waals surface area contributed by atoms with E-state index in [1.807, 2.05) is 12.4 Å². The summed E-state index contributed by atoms with van der Waals surface area (Å²) in [5, 5.41) is 14.7. The predicted molar refractivity (Wildman–Crippen MR) is 213 cm³/mol. The van der Waals surface area contributed by atoms with Gasteiger partial charge in [0.05, 0.1) is 0 Å². The molecule has 5 rings (SSSR count). The van der Waals surface area contributed by atoms with E-state index < -0.39 is 0 Å². The van der Waals surface area contributed by atoms with Crippen LogP contribution in [0, 0.1) is 11.8 Å². The van der Waals surface area contributed by atoms with E-state index in [0.717, 1.165) is 130 Å². The van der Waals surface area contributed by atoms with Crippen LogP contribution in [0.4, 0.5) is 0 Å². The Labute approximate surface area is 303 Å². The van der Waals surface area contributed by atoms with E-state index in [-0.39, 0.29) is 0 Å². The minimum absolute atomic E-state index is 0.551. The molecule has 8 heteroatoms. The molecule has 1 aromatic rings. The standard InChI is InChI=1S/C42H66N8/c1-3-17-43-19-5-25-49(27-7-21-45-23-15-41-29-39(9-1)31-47-33-41)35-37-11-13-38(14-12-37)36-50-26-6-20-44-18-4-2-10-40-30-42(34-48-32-40)16-24-46-22-8-28-50/h1-2,9-14,31-34,41-46H,3-8,15-30,35-36H2/b9-1-,10-2-. The van der Waals surface area contributed by atoms with Crippen LogP contribution in [0.5, 0.6) is 0 Å². The van der Waals surface area contributed by atoms with E-state index in [1.54, 1.807) is 0 Å².